The van der Waals surface area contributed by atoms with Gasteiger partial charge in [-0.1, -0.05) is 0 Å². The number of carbonyl (C=O) groups is 1. The molecule has 0 aliphatic rings. The molecule has 0 aliphatic carbocycles. The summed E-state index contributed by atoms with van der Waals surface area (Å²) in [5, 5.41) is 4.97. The Labute approximate surface area is 114 Å². The lowest BCUT2D eigenvalue weighted by Crippen LogP contribution is -2.31. The molecule has 0 spiro atoms. The summed E-state index contributed by atoms with van der Waals surface area (Å²) in [5.41, 5.74) is 0.0443. The second kappa shape index (κ2) is 5.73. The van der Waals surface area contributed by atoms with Crippen molar-refractivity contribution in [3.63, 3.8) is 0 Å². The lowest BCUT2D eigenvalue weighted by atomic mass is 10.2. The minimum absolute atomic E-state index is 0.0443. The van der Waals surface area contributed by atoms with E-state index in [-0.39, 0.29) is 11.7 Å². The fourth-order valence-corrected chi connectivity index (χ4v) is 1.75. The van der Waals surface area contributed by atoms with E-state index in [1.807, 2.05) is 0 Å². The first-order valence-electron chi connectivity index (χ1n) is 6.04. The van der Waals surface area contributed by atoms with Crippen LogP contribution in [0.5, 0.6) is 0 Å². The highest BCUT2D eigenvalue weighted by atomic mass is 19.1. The summed E-state index contributed by atoms with van der Waals surface area (Å²) < 4.78 is 31.3. The molecule has 0 fully saturated rings. The summed E-state index contributed by atoms with van der Waals surface area (Å²) >= 11 is 0. The van der Waals surface area contributed by atoms with E-state index in [4.69, 9.17) is 4.42 Å². The summed E-state index contributed by atoms with van der Waals surface area (Å²) in [6.45, 7) is 3.54. The van der Waals surface area contributed by atoms with Crippen LogP contribution in [0.2, 0.25) is 0 Å². The number of anilines is 1. The monoisotopic (exact) mass is 280 g/mol. The molecule has 1 heterocycles. The second-order valence-corrected chi connectivity index (χ2v) is 4.43. The van der Waals surface area contributed by atoms with Gasteiger partial charge < -0.3 is 15.1 Å². The predicted octanol–water partition coefficient (Wildman–Crippen LogP) is 3.75. The maximum Gasteiger partial charge on any atom is 0.319 e. The van der Waals surface area contributed by atoms with Crippen LogP contribution in [0.15, 0.2) is 34.7 Å². The SMILES string of the molecule is Cc1ccc([C@H](C)NC(=O)Nc2cc(F)cc(F)c2)o1. The van der Waals surface area contributed by atoms with Crippen LogP contribution in [0, 0.1) is 18.6 Å². The van der Waals surface area contributed by atoms with Crippen LogP contribution in [-0.4, -0.2) is 6.03 Å². The van der Waals surface area contributed by atoms with E-state index in [2.05, 4.69) is 10.6 Å². The van der Waals surface area contributed by atoms with E-state index in [9.17, 15) is 13.6 Å². The van der Waals surface area contributed by atoms with Crippen molar-refractivity contribution in [2.24, 2.45) is 0 Å². The lowest BCUT2D eigenvalue weighted by molar-refractivity contribution is 0.247. The number of carbonyl (C=O) groups excluding carboxylic acids is 1. The fourth-order valence-electron chi connectivity index (χ4n) is 1.75. The van der Waals surface area contributed by atoms with E-state index in [1.54, 1.807) is 26.0 Å². The van der Waals surface area contributed by atoms with Gasteiger partial charge in [-0.3, -0.25) is 0 Å². The van der Waals surface area contributed by atoms with Crippen molar-refractivity contribution in [1.29, 1.82) is 0 Å². The molecule has 0 bridgehead atoms. The van der Waals surface area contributed by atoms with Crippen LogP contribution in [-0.2, 0) is 0 Å². The second-order valence-electron chi connectivity index (χ2n) is 4.43. The average molecular weight is 280 g/mol. The van der Waals surface area contributed by atoms with E-state index in [0.29, 0.717) is 5.76 Å². The molecular weight excluding hydrogens is 266 g/mol. The van der Waals surface area contributed by atoms with Crippen LogP contribution in [0.3, 0.4) is 0 Å². The first-order valence-corrected chi connectivity index (χ1v) is 6.04. The van der Waals surface area contributed by atoms with Gasteiger partial charge in [0.1, 0.15) is 23.2 Å². The van der Waals surface area contributed by atoms with Crippen molar-refractivity contribution in [2.75, 3.05) is 5.32 Å². The molecular formula is C14H14F2N2O2. The quantitative estimate of drug-likeness (QED) is 0.899. The van der Waals surface area contributed by atoms with Gasteiger partial charge in [0.25, 0.3) is 0 Å². The van der Waals surface area contributed by atoms with Crippen LogP contribution >= 0.6 is 0 Å². The highest BCUT2D eigenvalue weighted by molar-refractivity contribution is 5.89. The zero-order chi connectivity index (χ0) is 14.7. The highest BCUT2D eigenvalue weighted by Crippen LogP contribution is 2.16. The number of urea groups is 1. The Morgan fingerprint density at radius 1 is 1.20 bits per heavy atom. The molecule has 1 aromatic heterocycles. The highest BCUT2D eigenvalue weighted by Gasteiger charge is 2.13. The molecule has 1 atom stereocenters. The normalized spacial score (nSPS) is 12.0. The molecule has 2 amide bonds. The van der Waals surface area contributed by atoms with Crippen molar-refractivity contribution in [3.8, 4) is 0 Å². The van der Waals surface area contributed by atoms with E-state index in [0.717, 1.165) is 24.0 Å². The standard InChI is InChI=1S/C14H14F2N2O2/c1-8-3-4-13(20-8)9(2)17-14(19)18-12-6-10(15)5-11(16)7-12/h3-7,9H,1-2H3,(H2,17,18,19)/t9-/m0/s1. The zero-order valence-electron chi connectivity index (χ0n) is 11.0. The molecule has 6 heteroatoms. The number of amides is 2. The van der Waals surface area contributed by atoms with Crippen LogP contribution in [0.1, 0.15) is 24.5 Å². The Morgan fingerprint density at radius 3 is 2.40 bits per heavy atom. The van der Waals surface area contributed by atoms with Gasteiger partial charge in [0.2, 0.25) is 0 Å². The van der Waals surface area contributed by atoms with Gasteiger partial charge in [0.05, 0.1) is 6.04 Å². The molecule has 0 saturated carbocycles. The number of benzene rings is 1. The maximum atomic E-state index is 13.0. The topological polar surface area (TPSA) is 54.3 Å². The third-order valence-electron chi connectivity index (χ3n) is 2.66. The number of halogens is 2. The average Bonchev–Trinajstić information content (AvgIpc) is 2.74. The van der Waals surface area contributed by atoms with Gasteiger partial charge in [-0.2, -0.15) is 0 Å². The molecule has 0 saturated heterocycles. The van der Waals surface area contributed by atoms with Gasteiger partial charge in [-0.25, -0.2) is 13.6 Å². The van der Waals surface area contributed by atoms with E-state index in [1.165, 1.54) is 0 Å². The molecule has 4 nitrogen and oxygen atoms in total. The third-order valence-corrected chi connectivity index (χ3v) is 2.66. The summed E-state index contributed by atoms with van der Waals surface area (Å²) in [5.74, 6) is -0.172. The molecule has 20 heavy (non-hydrogen) atoms. The van der Waals surface area contributed by atoms with Crippen LogP contribution < -0.4 is 10.6 Å². The van der Waals surface area contributed by atoms with Crippen molar-refractivity contribution >= 4 is 11.7 Å². The van der Waals surface area contributed by atoms with Crippen molar-refractivity contribution in [2.45, 2.75) is 19.9 Å². The summed E-state index contributed by atoms with van der Waals surface area (Å²) in [6.07, 6.45) is 0. The van der Waals surface area contributed by atoms with Crippen molar-refractivity contribution in [3.05, 3.63) is 53.5 Å². The lowest BCUT2D eigenvalue weighted by Gasteiger charge is -2.12. The molecule has 0 aliphatic heterocycles. The number of hydrogen-bond acceptors (Lipinski definition) is 2. The molecule has 1 aromatic carbocycles. The van der Waals surface area contributed by atoms with Crippen LogP contribution in [0.25, 0.3) is 0 Å². The number of nitrogens with one attached hydrogen (secondary N) is 2. The molecule has 0 unspecified atom stereocenters. The van der Waals surface area contributed by atoms with Gasteiger partial charge in [0.15, 0.2) is 0 Å². The number of rotatable bonds is 3. The Morgan fingerprint density at radius 2 is 1.85 bits per heavy atom. The van der Waals surface area contributed by atoms with Gasteiger partial charge >= 0.3 is 6.03 Å². The van der Waals surface area contributed by atoms with Crippen molar-refractivity contribution in [1.82, 2.24) is 5.32 Å². The minimum atomic E-state index is -0.755. The summed E-state index contributed by atoms with van der Waals surface area (Å²) in [6, 6.07) is 5.40. The van der Waals surface area contributed by atoms with Gasteiger partial charge in [-0.15, -0.1) is 0 Å². The Bertz CT molecular complexity index is 605. The minimum Gasteiger partial charge on any atom is -0.464 e. The maximum absolute atomic E-state index is 13.0. The first-order chi connectivity index (χ1) is 9.44. The number of furan rings is 1. The van der Waals surface area contributed by atoms with E-state index < -0.39 is 17.7 Å². The number of hydrogen-bond donors (Lipinski definition) is 2. The molecule has 2 aromatic rings. The molecule has 2 rings (SSSR count). The number of aryl methyl sites for hydroxylation is 1. The van der Waals surface area contributed by atoms with Gasteiger partial charge in [-0.05, 0) is 38.1 Å². The summed E-state index contributed by atoms with van der Waals surface area (Å²) in [4.78, 5) is 11.7. The predicted molar refractivity (Wildman–Crippen MR) is 70.4 cm³/mol. The third kappa shape index (κ3) is 3.57. The largest absolute Gasteiger partial charge is 0.464 e. The first kappa shape index (κ1) is 14.0. The Balaban J connectivity index is 1.98. The Kier molecular flexibility index (Phi) is 4.02. The molecule has 2 N–H and O–H groups in total. The zero-order valence-corrected chi connectivity index (χ0v) is 11.0. The molecule has 0 radical (unpaired) electrons. The smallest absolute Gasteiger partial charge is 0.319 e. The Hall–Kier alpha value is -2.37. The van der Waals surface area contributed by atoms with Crippen molar-refractivity contribution < 1.29 is 18.0 Å². The molecule has 106 valence electrons. The van der Waals surface area contributed by atoms with Gasteiger partial charge in [0, 0.05) is 11.8 Å². The fraction of sp³-hybridized carbons (Fsp3) is 0.214. The van der Waals surface area contributed by atoms with E-state index >= 15 is 0 Å². The summed E-state index contributed by atoms with van der Waals surface area (Å²) in [7, 11) is 0. The van der Waals surface area contributed by atoms with Crippen LogP contribution in [0.4, 0.5) is 19.3 Å².